The molecule has 0 saturated heterocycles. The first-order chi connectivity index (χ1) is 3.18. The summed E-state index contributed by atoms with van der Waals surface area (Å²) in [4.78, 5) is 10.1. The molecule has 0 aliphatic heterocycles. The van der Waals surface area contributed by atoms with E-state index in [0.717, 1.165) is 6.08 Å². The van der Waals surface area contributed by atoms with E-state index in [-0.39, 0.29) is 0 Å². The number of nitrogens with two attached hydrogens (primary N) is 1. The van der Waals surface area contributed by atoms with E-state index in [1.807, 2.05) is 0 Å². The van der Waals surface area contributed by atoms with E-state index >= 15 is 0 Å². The third kappa shape index (κ3) is 2.24. The van der Waals surface area contributed by atoms with Crippen molar-refractivity contribution in [3.63, 3.8) is 0 Å². The number of hydrazine groups is 1. The monoisotopic (exact) mass is 118 g/mol. The second-order valence-electron chi connectivity index (χ2n) is 0.887. The summed E-state index contributed by atoms with van der Waals surface area (Å²) in [6, 6.07) is 0. The zero-order valence-electron chi connectivity index (χ0n) is 3.66. The molecular formula is C3H6N2OS. The Morgan fingerprint density at radius 1 is 2.00 bits per heavy atom. The molecule has 0 radical (unpaired) electrons. The van der Waals surface area contributed by atoms with Crippen LogP contribution in [0.2, 0.25) is 0 Å². The Balaban J connectivity index is 3.56. The normalized spacial score (nSPS) is 7.71. The van der Waals surface area contributed by atoms with Crippen LogP contribution in [0.15, 0.2) is 12.7 Å². The highest BCUT2D eigenvalue weighted by Crippen LogP contribution is 1.81. The smallest absolute Gasteiger partial charge is 0.267 e. The Morgan fingerprint density at radius 3 is 2.43 bits per heavy atom. The van der Waals surface area contributed by atoms with Gasteiger partial charge < -0.3 is 0 Å². The van der Waals surface area contributed by atoms with Gasteiger partial charge in [0.1, 0.15) is 0 Å². The molecule has 7 heavy (non-hydrogen) atoms. The van der Waals surface area contributed by atoms with Crippen LogP contribution in [0.25, 0.3) is 0 Å². The van der Waals surface area contributed by atoms with Crippen molar-refractivity contribution in [2.75, 3.05) is 0 Å². The number of rotatable bonds is 1. The topological polar surface area (TPSA) is 46.3 Å². The summed E-state index contributed by atoms with van der Waals surface area (Å²) in [7, 11) is 0. The minimum absolute atomic E-state index is 0.414. The van der Waals surface area contributed by atoms with Gasteiger partial charge in [0.2, 0.25) is 0 Å². The molecule has 3 nitrogen and oxygen atoms in total. The molecule has 0 aliphatic rings. The van der Waals surface area contributed by atoms with Crippen molar-refractivity contribution in [3.8, 4) is 0 Å². The molecule has 0 aromatic carbocycles. The number of carbonyl (C=O) groups is 1. The molecule has 0 aromatic rings. The number of carbonyl (C=O) groups excluding carboxylic acids is 1. The summed E-state index contributed by atoms with van der Waals surface area (Å²) in [6.45, 7) is 3.16. The summed E-state index contributed by atoms with van der Waals surface area (Å²) in [6.07, 6.45) is 1.08. The maximum Gasteiger partial charge on any atom is 0.269 e. The molecule has 0 unspecified atom stereocenters. The number of hydrogen-bond acceptors (Lipinski definition) is 3. The summed E-state index contributed by atoms with van der Waals surface area (Å²) < 4.78 is 0.660. The fourth-order valence-electron chi connectivity index (χ4n) is 0.0935. The van der Waals surface area contributed by atoms with Crippen molar-refractivity contribution >= 4 is 18.7 Å². The highest BCUT2D eigenvalue weighted by atomic mass is 32.1. The molecule has 0 spiro atoms. The number of hydrogen-bond donors (Lipinski definition) is 2. The third-order valence-corrected chi connectivity index (χ3v) is 0.598. The second kappa shape index (κ2) is 2.65. The minimum Gasteiger partial charge on any atom is -0.267 e. The van der Waals surface area contributed by atoms with Gasteiger partial charge >= 0.3 is 0 Å². The Labute approximate surface area is 47.3 Å². The van der Waals surface area contributed by atoms with Crippen molar-refractivity contribution in [1.82, 2.24) is 4.41 Å². The number of nitrogens with zero attached hydrogens (tertiary/aromatic N) is 1. The van der Waals surface area contributed by atoms with Gasteiger partial charge in [-0.3, -0.25) is 4.79 Å². The van der Waals surface area contributed by atoms with Crippen LogP contribution in [0.4, 0.5) is 0 Å². The number of amides is 1. The van der Waals surface area contributed by atoms with E-state index < -0.39 is 5.91 Å². The van der Waals surface area contributed by atoms with Gasteiger partial charge in [0.15, 0.2) is 0 Å². The average molecular weight is 118 g/mol. The van der Waals surface area contributed by atoms with E-state index in [2.05, 4.69) is 19.4 Å². The van der Waals surface area contributed by atoms with Crippen molar-refractivity contribution in [3.05, 3.63) is 12.7 Å². The molecule has 0 rings (SSSR count). The predicted octanol–water partition coefficient (Wildman–Crippen LogP) is -0.280. The van der Waals surface area contributed by atoms with E-state index in [9.17, 15) is 4.79 Å². The summed E-state index contributed by atoms with van der Waals surface area (Å²) in [5.74, 6) is 4.41. The zero-order valence-corrected chi connectivity index (χ0v) is 4.56. The van der Waals surface area contributed by atoms with Crippen molar-refractivity contribution in [1.29, 1.82) is 0 Å². The first-order valence-electron chi connectivity index (χ1n) is 1.58. The summed E-state index contributed by atoms with van der Waals surface area (Å²) in [5.41, 5.74) is 0. The summed E-state index contributed by atoms with van der Waals surface area (Å²) in [5, 5.41) is 0. The Kier molecular flexibility index (Phi) is 2.47. The van der Waals surface area contributed by atoms with E-state index in [1.165, 1.54) is 0 Å². The molecular weight excluding hydrogens is 112 g/mol. The maximum atomic E-state index is 10.1. The van der Waals surface area contributed by atoms with Gasteiger partial charge in [-0.15, -0.1) is 0 Å². The quantitative estimate of drug-likeness (QED) is 0.163. The van der Waals surface area contributed by atoms with Crippen LogP contribution in [0.5, 0.6) is 0 Å². The lowest BCUT2D eigenvalue weighted by Gasteiger charge is -2.00. The van der Waals surface area contributed by atoms with E-state index in [1.54, 1.807) is 0 Å². The first-order valence-corrected chi connectivity index (χ1v) is 1.98. The molecule has 0 aliphatic carbocycles. The lowest BCUT2D eigenvalue weighted by molar-refractivity contribution is -0.121. The van der Waals surface area contributed by atoms with Gasteiger partial charge in [-0.2, -0.15) is 0 Å². The highest BCUT2D eigenvalue weighted by Gasteiger charge is 1.94. The average Bonchev–Trinajstić information content (AvgIpc) is 1.65. The van der Waals surface area contributed by atoms with Crippen LogP contribution in [-0.2, 0) is 4.79 Å². The van der Waals surface area contributed by atoms with Crippen LogP contribution in [-0.4, -0.2) is 10.3 Å². The molecule has 0 heterocycles. The standard InChI is InChI=1S/C3H6N2OS/c1-2-3(6)5(4)7/h2,7H,1,4H2. The van der Waals surface area contributed by atoms with Gasteiger partial charge in [0.25, 0.3) is 5.91 Å². The van der Waals surface area contributed by atoms with Gasteiger partial charge in [0, 0.05) is 0 Å². The molecule has 0 saturated carbocycles. The molecule has 4 heteroatoms. The van der Waals surface area contributed by atoms with E-state index in [4.69, 9.17) is 5.84 Å². The maximum absolute atomic E-state index is 10.1. The molecule has 0 bridgehead atoms. The predicted molar refractivity (Wildman–Crippen MR) is 30.2 cm³/mol. The van der Waals surface area contributed by atoms with Crippen molar-refractivity contribution in [2.45, 2.75) is 0 Å². The Morgan fingerprint density at radius 2 is 2.43 bits per heavy atom. The van der Waals surface area contributed by atoms with Crippen LogP contribution in [0, 0.1) is 0 Å². The Hall–Kier alpha value is -0.480. The highest BCUT2D eigenvalue weighted by molar-refractivity contribution is 7.78. The molecule has 0 aromatic heterocycles. The van der Waals surface area contributed by atoms with Gasteiger partial charge in [0.05, 0.1) is 0 Å². The van der Waals surface area contributed by atoms with Crippen molar-refractivity contribution in [2.24, 2.45) is 5.84 Å². The van der Waals surface area contributed by atoms with Crippen LogP contribution in [0.1, 0.15) is 0 Å². The van der Waals surface area contributed by atoms with Crippen LogP contribution in [0.3, 0.4) is 0 Å². The summed E-state index contributed by atoms with van der Waals surface area (Å²) >= 11 is 3.46. The molecule has 0 fully saturated rings. The van der Waals surface area contributed by atoms with Crippen molar-refractivity contribution < 1.29 is 4.79 Å². The molecule has 0 atom stereocenters. The SMILES string of the molecule is C=CC(=O)N(N)S. The second-order valence-corrected chi connectivity index (χ2v) is 1.32. The molecule has 1 amide bonds. The fourth-order valence-corrected chi connectivity index (χ4v) is 0.175. The zero-order chi connectivity index (χ0) is 5.86. The minimum atomic E-state index is -0.414. The third-order valence-electron chi connectivity index (χ3n) is 0.400. The van der Waals surface area contributed by atoms with Gasteiger partial charge in [-0.1, -0.05) is 6.58 Å². The van der Waals surface area contributed by atoms with Gasteiger partial charge in [-0.25, -0.2) is 10.3 Å². The van der Waals surface area contributed by atoms with E-state index in [0.29, 0.717) is 4.41 Å². The van der Waals surface area contributed by atoms with Crippen LogP contribution < -0.4 is 5.84 Å². The largest absolute Gasteiger partial charge is 0.269 e. The molecule has 2 N–H and O–H groups in total. The lowest BCUT2D eigenvalue weighted by Crippen LogP contribution is -2.25. The van der Waals surface area contributed by atoms with Gasteiger partial charge in [-0.05, 0) is 18.9 Å². The van der Waals surface area contributed by atoms with Crippen LogP contribution >= 0.6 is 12.8 Å². The number of thiol groups is 1. The molecule has 40 valence electrons. The lowest BCUT2D eigenvalue weighted by atomic mass is 10.6. The fraction of sp³-hybridized carbons (Fsp3) is 0. The first kappa shape index (κ1) is 6.52. The Bertz CT molecular complexity index is 90.9.